The van der Waals surface area contributed by atoms with Gasteiger partial charge in [0.2, 0.25) is 0 Å². The van der Waals surface area contributed by atoms with Crippen LogP contribution in [0.1, 0.15) is 17.0 Å². The van der Waals surface area contributed by atoms with Gasteiger partial charge in [0.1, 0.15) is 5.82 Å². The number of nitrogens with one attached hydrogen (secondary N) is 1. The Morgan fingerprint density at radius 1 is 0.840 bits per heavy atom. The molecule has 0 spiro atoms. The van der Waals surface area contributed by atoms with Crippen LogP contribution in [0.3, 0.4) is 0 Å². The topological polar surface area (TPSA) is 67.6 Å². The summed E-state index contributed by atoms with van der Waals surface area (Å²) in [6, 6.07) is 14.5. The van der Waals surface area contributed by atoms with Crippen molar-refractivity contribution in [2.75, 3.05) is 5.73 Å². The van der Waals surface area contributed by atoms with Crippen LogP contribution < -0.4 is 5.73 Å². The minimum Gasteiger partial charge on any atom is -0.384 e. The summed E-state index contributed by atoms with van der Waals surface area (Å²) in [4.78, 5) is 12.2. The number of nitrogens with two attached hydrogens (primary N) is 1. The predicted molar refractivity (Wildman–Crippen MR) is 103 cm³/mol. The molecule has 0 radical (unpaired) electrons. The van der Waals surface area contributed by atoms with E-state index in [-0.39, 0.29) is 0 Å². The molecule has 0 aliphatic carbocycles. The molecule has 0 amide bonds. The molecule has 25 heavy (non-hydrogen) atoms. The molecule has 124 valence electrons. The molecule has 4 rings (SSSR count). The number of hydrogen-bond donors (Lipinski definition) is 2. The van der Waals surface area contributed by atoms with Crippen molar-refractivity contribution in [2.24, 2.45) is 0 Å². The lowest BCUT2D eigenvalue weighted by molar-refractivity contribution is 1.12. The molecule has 3 aromatic heterocycles. The van der Waals surface area contributed by atoms with Gasteiger partial charge < -0.3 is 10.7 Å². The Morgan fingerprint density at radius 3 is 2.24 bits per heavy atom. The fourth-order valence-electron chi connectivity index (χ4n) is 3.36. The number of anilines is 1. The molecule has 0 bridgehead atoms. The number of benzene rings is 1. The van der Waals surface area contributed by atoms with E-state index in [1.165, 1.54) is 16.5 Å². The maximum atomic E-state index is 5.68. The number of aryl methyl sites for hydroxylation is 3. The summed E-state index contributed by atoms with van der Waals surface area (Å²) in [6.45, 7) is 6.21. The number of H-pyrrole nitrogens is 1. The smallest absolute Gasteiger partial charge is 0.123 e. The minimum absolute atomic E-state index is 0.534. The molecule has 0 aliphatic rings. The van der Waals surface area contributed by atoms with Gasteiger partial charge in [-0.25, -0.2) is 4.98 Å². The number of fused-ring (bicyclic) bond motifs is 1. The Labute approximate surface area is 146 Å². The lowest BCUT2D eigenvalue weighted by atomic mass is 10.0. The molecule has 4 heteroatoms. The Kier molecular flexibility index (Phi) is 3.53. The van der Waals surface area contributed by atoms with Crippen LogP contribution in [0.25, 0.3) is 33.3 Å². The monoisotopic (exact) mass is 328 g/mol. The lowest BCUT2D eigenvalue weighted by Crippen LogP contribution is -1.89. The standard InChI is InChI=1S/C21H20N4/c1-12-8-17(9-13(2)24-12)21-14(3)18-6-4-15(10-19(18)25-21)16-5-7-20(22)23-11-16/h4-11,25H,1-3H3,(H2,22,23). The molecule has 0 saturated carbocycles. The van der Waals surface area contributed by atoms with Gasteiger partial charge in [-0.1, -0.05) is 12.1 Å². The van der Waals surface area contributed by atoms with Crippen molar-refractivity contribution in [1.29, 1.82) is 0 Å². The van der Waals surface area contributed by atoms with Crippen LogP contribution in [0.15, 0.2) is 48.7 Å². The zero-order chi connectivity index (χ0) is 17.6. The quantitative estimate of drug-likeness (QED) is 0.555. The number of aromatic nitrogens is 3. The van der Waals surface area contributed by atoms with Crippen molar-refractivity contribution in [2.45, 2.75) is 20.8 Å². The van der Waals surface area contributed by atoms with Crippen molar-refractivity contribution in [3.8, 4) is 22.4 Å². The van der Waals surface area contributed by atoms with Crippen LogP contribution in [0.5, 0.6) is 0 Å². The number of hydrogen-bond acceptors (Lipinski definition) is 3. The lowest BCUT2D eigenvalue weighted by Gasteiger charge is -2.04. The average molecular weight is 328 g/mol. The SMILES string of the molecule is Cc1cc(-c2[nH]c3cc(-c4ccc(N)nc4)ccc3c2C)cc(C)n1. The third-order valence-electron chi connectivity index (χ3n) is 4.55. The molecule has 0 unspecified atom stereocenters. The van der Waals surface area contributed by atoms with Gasteiger partial charge in [0.05, 0.1) is 0 Å². The van der Waals surface area contributed by atoms with E-state index >= 15 is 0 Å². The number of nitrogen functional groups attached to an aromatic ring is 1. The summed E-state index contributed by atoms with van der Waals surface area (Å²) in [5.74, 6) is 0.534. The second-order valence-corrected chi connectivity index (χ2v) is 6.50. The Balaban J connectivity index is 1.85. The maximum absolute atomic E-state index is 5.68. The summed E-state index contributed by atoms with van der Waals surface area (Å²) in [6.07, 6.45) is 1.81. The highest BCUT2D eigenvalue weighted by atomic mass is 14.8. The Bertz CT molecular complexity index is 1050. The zero-order valence-electron chi connectivity index (χ0n) is 14.6. The van der Waals surface area contributed by atoms with Crippen molar-refractivity contribution >= 4 is 16.7 Å². The Morgan fingerprint density at radius 2 is 1.56 bits per heavy atom. The first-order valence-electron chi connectivity index (χ1n) is 8.31. The second kappa shape index (κ2) is 5.74. The van der Waals surface area contributed by atoms with E-state index in [1.54, 1.807) is 0 Å². The molecule has 0 saturated heterocycles. The fraction of sp³-hybridized carbons (Fsp3) is 0.143. The first kappa shape index (κ1) is 15.4. The van der Waals surface area contributed by atoms with E-state index < -0.39 is 0 Å². The zero-order valence-corrected chi connectivity index (χ0v) is 14.6. The van der Waals surface area contributed by atoms with Crippen LogP contribution in [0.2, 0.25) is 0 Å². The molecular weight excluding hydrogens is 308 g/mol. The van der Waals surface area contributed by atoms with E-state index in [2.05, 4.69) is 52.2 Å². The van der Waals surface area contributed by atoms with Gasteiger partial charge in [0.25, 0.3) is 0 Å². The number of nitrogens with zero attached hydrogens (tertiary/aromatic N) is 2. The van der Waals surface area contributed by atoms with Gasteiger partial charge in [0.15, 0.2) is 0 Å². The Hall–Kier alpha value is -3.14. The molecular formula is C21H20N4. The van der Waals surface area contributed by atoms with Crippen molar-refractivity contribution in [3.05, 3.63) is 65.6 Å². The number of pyridine rings is 2. The predicted octanol–water partition coefficient (Wildman–Crippen LogP) is 4.80. The minimum atomic E-state index is 0.534. The normalized spacial score (nSPS) is 11.2. The second-order valence-electron chi connectivity index (χ2n) is 6.50. The van der Waals surface area contributed by atoms with E-state index in [4.69, 9.17) is 5.73 Å². The highest BCUT2D eigenvalue weighted by Gasteiger charge is 2.11. The van der Waals surface area contributed by atoms with Crippen LogP contribution >= 0.6 is 0 Å². The highest BCUT2D eigenvalue weighted by Crippen LogP contribution is 2.32. The van der Waals surface area contributed by atoms with E-state index in [0.717, 1.165) is 33.7 Å². The summed E-state index contributed by atoms with van der Waals surface area (Å²) >= 11 is 0. The molecule has 4 aromatic rings. The highest BCUT2D eigenvalue weighted by molar-refractivity contribution is 5.93. The van der Waals surface area contributed by atoms with Gasteiger partial charge in [-0.3, -0.25) is 4.98 Å². The van der Waals surface area contributed by atoms with Gasteiger partial charge in [-0.2, -0.15) is 0 Å². The first-order valence-corrected chi connectivity index (χ1v) is 8.31. The van der Waals surface area contributed by atoms with Crippen LogP contribution in [0.4, 0.5) is 5.82 Å². The van der Waals surface area contributed by atoms with Crippen molar-refractivity contribution < 1.29 is 0 Å². The van der Waals surface area contributed by atoms with Crippen LogP contribution in [0, 0.1) is 20.8 Å². The van der Waals surface area contributed by atoms with Crippen LogP contribution in [-0.4, -0.2) is 15.0 Å². The van der Waals surface area contributed by atoms with Gasteiger partial charge >= 0.3 is 0 Å². The molecule has 0 fully saturated rings. The molecule has 3 heterocycles. The summed E-state index contributed by atoms with van der Waals surface area (Å²) in [5, 5.41) is 1.23. The largest absolute Gasteiger partial charge is 0.384 e. The molecule has 0 atom stereocenters. The summed E-state index contributed by atoms with van der Waals surface area (Å²) in [5.41, 5.74) is 14.6. The third kappa shape index (κ3) is 2.76. The van der Waals surface area contributed by atoms with Gasteiger partial charge in [0, 0.05) is 45.3 Å². The van der Waals surface area contributed by atoms with E-state index in [9.17, 15) is 0 Å². The van der Waals surface area contributed by atoms with Gasteiger partial charge in [-0.05, 0) is 62.2 Å². The molecule has 1 aromatic carbocycles. The number of aromatic amines is 1. The van der Waals surface area contributed by atoms with Crippen molar-refractivity contribution in [3.63, 3.8) is 0 Å². The molecule has 3 N–H and O–H groups in total. The van der Waals surface area contributed by atoms with E-state index in [1.807, 2.05) is 32.2 Å². The van der Waals surface area contributed by atoms with Crippen LogP contribution in [-0.2, 0) is 0 Å². The number of rotatable bonds is 2. The average Bonchev–Trinajstić information content (AvgIpc) is 2.91. The maximum Gasteiger partial charge on any atom is 0.123 e. The van der Waals surface area contributed by atoms with E-state index in [0.29, 0.717) is 5.82 Å². The van der Waals surface area contributed by atoms with Gasteiger partial charge in [-0.15, -0.1) is 0 Å². The molecule has 4 nitrogen and oxygen atoms in total. The van der Waals surface area contributed by atoms with Crippen molar-refractivity contribution in [1.82, 2.24) is 15.0 Å². The first-order chi connectivity index (χ1) is 12.0. The fourth-order valence-corrected chi connectivity index (χ4v) is 3.36. The summed E-state index contributed by atoms with van der Waals surface area (Å²) in [7, 11) is 0. The third-order valence-corrected chi connectivity index (χ3v) is 4.55. The molecule has 0 aliphatic heterocycles. The summed E-state index contributed by atoms with van der Waals surface area (Å²) < 4.78 is 0.